The highest BCUT2D eigenvalue weighted by atomic mass is 16.5. The molecule has 0 unspecified atom stereocenters. The zero-order valence-corrected chi connectivity index (χ0v) is 20.9. The summed E-state index contributed by atoms with van der Waals surface area (Å²) in [6.45, 7) is 6.22. The van der Waals surface area contributed by atoms with E-state index in [2.05, 4.69) is 23.0 Å². The van der Waals surface area contributed by atoms with Crippen molar-refractivity contribution in [2.75, 3.05) is 27.9 Å². The molecule has 1 N–H and O–H groups in total. The van der Waals surface area contributed by atoms with Crippen molar-refractivity contribution in [2.45, 2.75) is 33.4 Å². The number of H-pyrrole nitrogens is 1. The van der Waals surface area contributed by atoms with Crippen molar-refractivity contribution in [3.63, 3.8) is 0 Å². The number of methoxy groups -OCH3 is 3. The number of rotatable bonds is 10. The van der Waals surface area contributed by atoms with Crippen molar-refractivity contribution in [1.82, 2.24) is 19.5 Å². The van der Waals surface area contributed by atoms with Crippen LogP contribution in [0.15, 0.2) is 53.3 Å². The van der Waals surface area contributed by atoms with E-state index in [0.29, 0.717) is 36.0 Å². The Kier molecular flexibility index (Phi) is 7.41. The monoisotopic (exact) mass is 476 g/mol. The van der Waals surface area contributed by atoms with Gasteiger partial charge in [0.15, 0.2) is 17.1 Å². The summed E-state index contributed by atoms with van der Waals surface area (Å²) in [5, 5.41) is 3.18. The van der Waals surface area contributed by atoms with Crippen LogP contribution >= 0.6 is 0 Å². The van der Waals surface area contributed by atoms with E-state index in [4.69, 9.17) is 19.2 Å². The van der Waals surface area contributed by atoms with Gasteiger partial charge in [0.25, 0.3) is 5.56 Å². The Hall–Kier alpha value is -3.78. The molecule has 184 valence electrons. The lowest BCUT2D eigenvalue weighted by Crippen LogP contribution is -2.26. The van der Waals surface area contributed by atoms with E-state index in [1.54, 1.807) is 27.4 Å². The minimum absolute atomic E-state index is 0.131. The number of benzene rings is 2. The summed E-state index contributed by atoms with van der Waals surface area (Å²) in [5.41, 5.74) is 5.26. The molecule has 0 aliphatic carbocycles. The van der Waals surface area contributed by atoms with Crippen molar-refractivity contribution in [3.05, 3.63) is 75.7 Å². The van der Waals surface area contributed by atoms with Gasteiger partial charge in [-0.05, 0) is 49.2 Å². The summed E-state index contributed by atoms with van der Waals surface area (Å²) < 4.78 is 17.9. The zero-order chi connectivity index (χ0) is 24.9. The number of hydrogen-bond donors (Lipinski definition) is 1. The van der Waals surface area contributed by atoms with Gasteiger partial charge in [0.05, 0.1) is 32.7 Å². The highest BCUT2D eigenvalue weighted by Gasteiger charge is 2.16. The number of nitrogens with one attached hydrogen (secondary N) is 1. The van der Waals surface area contributed by atoms with E-state index < -0.39 is 0 Å². The SMILES string of the molecule is CCCN(Cc1cc(OC)c(OC)c(OC)c1)Cc1cc(=O)n2[nH]c(-c3cccc(C)c3)cc2n1. The maximum Gasteiger partial charge on any atom is 0.272 e. The van der Waals surface area contributed by atoms with Crippen LogP contribution in [0.3, 0.4) is 0 Å². The van der Waals surface area contributed by atoms with E-state index in [0.717, 1.165) is 41.0 Å². The molecule has 2 aromatic heterocycles. The van der Waals surface area contributed by atoms with E-state index in [1.807, 2.05) is 43.3 Å². The summed E-state index contributed by atoms with van der Waals surface area (Å²) in [6, 6.07) is 15.6. The number of hydrogen-bond acceptors (Lipinski definition) is 6. The summed E-state index contributed by atoms with van der Waals surface area (Å²) in [6.07, 6.45) is 0.966. The fraction of sp³-hybridized carbons (Fsp3) is 0.333. The van der Waals surface area contributed by atoms with Crippen molar-refractivity contribution in [2.24, 2.45) is 0 Å². The standard InChI is InChI=1S/C27H32N4O4/c1-6-10-30(16-19-12-23(33-3)27(35-5)24(13-19)34-4)17-21-14-26(32)31-25(28-21)15-22(29-31)20-9-7-8-18(2)11-20/h7-9,11-15,29H,6,10,16-17H2,1-5H3. The molecular weight excluding hydrogens is 444 g/mol. The Morgan fingerprint density at radius 1 is 0.971 bits per heavy atom. The Morgan fingerprint density at radius 3 is 2.34 bits per heavy atom. The first kappa shape index (κ1) is 24.3. The van der Waals surface area contributed by atoms with Crippen molar-refractivity contribution >= 4 is 5.65 Å². The van der Waals surface area contributed by atoms with Crippen LogP contribution in [0.5, 0.6) is 17.2 Å². The predicted molar refractivity (Wildman–Crippen MR) is 136 cm³/mol. The highest BCUT2D eigenvalue weighted by Crippen LogP contribution is 2.38. The van der Waals surface area contributed by atoms with Crippen LogP contribution in [-0.2, 0) is 13.1 Å². The average Bonchev–Trinajstić information content (AvgIpc) is 3.28. The molecule has 4 aromatic rings. The highest BCUT2D eigenvalue weighted by molar-refractivity contribution is 5.64. The van der Waals surface area contributed by atoms with E-state index in [9.17, 15) is 4.79 Å². The number of aromatic amines is 1. The lowest BCUT2D eigenvalue weighted by Gasteiger charge is -2.22. The van der Waals surface area contributed by atoms with E-state index in [-0.39, 0.29) is 5.56 Å². The van der Waals surface area contributed by atoms with Crippen molar-refractivity contribution in [1.29, 1.82) is 0 Å². The van der Waals surface area contributed by atoms with E-state index >= 15 is 0 Å². The molecule has 0 aliphatic rings. The molecule has 0 fully saturated rings. The topological polar surface area (TPSA) is 81.1 Å². The Morgan fingerprint density at radius 2 is 1.71 bits per heavy atom. The molecule has 0 aliphatic heterocycles. The average molecular weight is 477 g/mol. The minimum atomic E-state index is -0.131. The summed E-state index contributed by atoms with van der Waals surface area (Å²) >= 11 is 0. The molecule has 4 rings (SSSR count). The maximum absolute atomic E-state index is 12.9. The molecule has 0 spiro atoms. The first-order valence-electron chi connectivity index (χ1n) is 11.7. The summed E-state index contributed by atoms with van der Waals surface area (Å²) in [5.74, 6) is 1.80. The lowest BCUT2D eigenvalue weighted by atomic mass is 10.1. The molecule has 0 atom stereocenters. The van der Waals surface area contributed by atoms with E-state index in [1.165, 1.54) is 4.52 Å². The quantitative estimate of drug-likeness (QED) is 0.365. The van der Waals surface area contributed by atoms with Crippen LogP contribution in [-0.4, -0.2) is 47.4 Å². The molecule has 8 heteroatoms. The van der Waals surface area contributed by atoms with Gasteiger partial charge in [-0.2, -0.15) is 0 Å². The number of nitrogens with zero attached hydrogens (tertiary/aromatic N) is 3. The molecule has 0 saturated heterocycles. The number of fused-ring (bicyclic) bond motifs is 1. The van der Waals surface area contributed by atoms with Gasteiger partial charge in [-0.15, -0.1) is 0 Å². The fourth-order valence-electron chi connectivity index (χ4n) is 4.33. The Bertz CT molecular complexity index is 1350. The number of ether oxygens (including phenoxy) is 3. The second-order valence-corrected chi connectivity index (χ2v) is 8.56. The number of aryl methyl sites for hydroxylation is 1. The summed E-state index contributed by atoms with van der Waals surface area (Å²) in [4.78, 5) is 19.9. The minimum Gasteiger partial charge on any atom is -0.493 e. The van der Waals surface area contributed by atoms with Crippen molar-refractivity contribution < 1.29 is 14.2 Å². The first-order chi connectivity index (χ1) is 16.9. The molecule has 0 bridgehead atoms. The van der Waals surface area contributed by atoms with Crippen LogP contribution in [0.1, 0.15) is 30.2 Å². The lowest BCUT2D eigenvalue weighted by molar-refractivity contribution is 0.252. The Balaban J connectivity index is 1.62. The molecule has 35 heavy (non-hydrogen) atoms. The molecule has 2 aromatic carbocycles. The predicted octanol–water partition coefficient (Wildman–Crippen LogP) is 4.44. The van der Waals surface area contributed by atoms with Crippen LogP contribution < -0.4 is 19.8 Å². The second kappa shape index (κ2) is 10.7. The van der Waals surface area contributed by atoms with Gasteiger partial charge in [0.2, 0.25) is 5.75 Å². The van der Waals surface area contributed by atoms with Gasteiger partial charge in [-0.1, -0.05) is 30.7 Å². The van der Waals surface area contributed by atoms with Crippen LogP contribution in [0.25, 0.3) is 16.9 Å². The van der Waals surface area contributed by atoms with Crippen LogP contribution in [0, 0.1) is 6.92 Å². The first-order valence-corrected chi connectivity index (χ1v) is 11.7. The van der Waals surface area contributed by atoms with Gasteiger partial charge in [0, 0.05) is 25.2 Å². The smallest absolute Gasteiger partial charge is 0.272 e. The van der Waals surface area contributed by atoms with Gasteiger partial charge in [-0.25, -0.2) is 9.50 Å². The molecular formula is C27H32N4O4. The third-order valence-electron chi connectivity index (χ3n) is 5.89. The summed E-state index contributed by atoms with van der Waals surface area (Å²) in [7, 11) is 4.81. The molecule has 0 saturated carbocycles. The molecule has 0 amide bonds. The molecule has 2 heterocycles. The zero-order valence-electron chi connectivity index (χ0n) is 20.9. The largest absolute Gasteiger partial charge is 0.493 e. The maximum atomic E-state index is 12.9. The Labute approximate surface area is 205 Å². The third kappa shape index (κ3) is 5.33. The van der Waals surface area contributed by atoms with Gasteiger partial charge < -0.3 is 14.2 Å². The second-order valence-electron chi connectivity index (χ2n) is 8.56. The fourth-order valence-corrected chi connectivity index (χ4v) is 4.33. The van der Waals surface area contributed by atoms with Gasteiger partial charge in [-0.3, -0.25) is 14.8 Å². The van der Waals surface area contributed by atoms with Gasteiger partial charge in [0.1, 0.15) is 0 Å². The molecule has 8 nitrogen and oxygen atoms in total. The number of aromatic nitrogens is 3. The third-order valence-corrected chi connectivity index (χ3v) is 5.89. The van der Waals surface area contributed by atoms with Crippen LogP contribution in [0.2, 0.25) is 0 Å². The van der Waals surface area contributed by atoms with Crippen LogP contribution in [0.4, 0.5) is 0 Å². The van der Waals surface area contributed by atoms with Crippen molar-refractivity contribution in [3.8, 4) is 28.5 Å². The normalized spacial score (nSPS) is 11.3. The molecule has 0 radical (unpaired) electrons. The van der Waals surface area contributed by atoms with Gasteiger partial charge >= 0.3 is 0 Å².